The van der Waals surface area contributed by atoms with Gasteiger partial charge < -0.3 is 10.6 Å². The van der Waals surface area contributed by atoms with Crippen LogP contribution in [0, 0.1) is 0 Å². The van der Waals surface area contributed by atoms with Crippen LogP contribution in [0.25, 0.3) is 0 Å². The topological polar surface area (TPSA) is 36.4 Å². The van der Waals surface area contributed by atoms with Gasteiger partial charge in [0.15, 0.2) is 5.96 Å². The molecule has 0 aliphatic rings. The van der Waals surface area contributed by atoms with E-state index in [0.29, 0.717) is 0 Å². The monoisotopic (exact) mass is 297 g/mol. The molecule has 0 saturated carbocycles. The summed E-state index contributed by atoms with van der Waals surface area (Å²) in [7, 11) is 1.77. The van der Waals surface area contributed by atoms with E-state index in [4.69, 9.17) is 11.6 Å². The highest BCUT2D eigenvalue weighted by molar-refractivity contribution is 7.99. The van der Waals surface area contributed by atoms with Crippen molar-refractivity contribution in [2.45, 2.75) is 6.54 Å². The zero-order valence-corrected chi connectivity index (χ0v) is 12.7. The summed E-state index contributed by atoms with van der Waals surface area (Å²) in [5.41, 5.74) is 1.17. The van der Waals surface area contributed by atoms with E-state index in [1.54, 1.807) is 7.05 Å². The van der Waals surface area contributed by atoms with Crippen molar-refractivity contribution in [2.75, 3.05) is 25.1 Å². The largest absolute Gasteiger partial charge is 0.356 e. The average molecular weight is 298 g/mol. The Morgan fingerprint density at radius 2 is 2.11 bits per heavy atom. The fourth-order valence-corrected chi connectivity index (χ4v) is 2.12. The van der Waals surface area contributed by atoms with Gasteiger partial charge in [-0.2, -0.15) is 11.8 Å². The third-order valence-corrected chi connectivity index (χ3v) is 3.59. The predicted octanol–water partition coefficient (Wildman–Crippen LogP) is 2.92. The molecule has 0 aromatic heterocycles. The quantitative estimate of drug-likeness (QED) is 0.352. The molecule has 3 nitrogen and oxygen atoms in total. The molecule has 1 aromatic rings. The van der Waals surface area contributed by atoms with Crippen molar-refractivity contribution >= 4 is 29.3 Å². The summed E-state index contributed by atoms with van der Waals surface area (Å²) in [5.74, 6) is 2.83. The lowest BCUT2D eigenvalue weighted by Crippen LogP contribution is -2.37. The number of aliphatic imine (C=N–C) groups is 1. The first-order valence-corrected chi connectivity index (χ1v) is 7.67. The second-order valence-corrected chi connectivity index (χ2v) is 5.43. The molecule has 0 unspecified atom stereocenters. The minimum atomic E-state index is 0.733. The Kier molecular flexibility index (Phi) is 8.18. The Hall–Kier alpha value is -1.13. The average Bonchev–Trinajstić information content (AvgIpc) is 2.44. The highest BCUT2D eigenvalue weighted by atomic mass is 35.5. The lowest BCUT2D eigenvalue weighted by Gasteiger charge is -2.11. The Balaban J connectivity index is 2.25. The SMILES string of the molecule is C=CCSCCNC(=NC)NCc1ccc(Cl)cc1. The van der Waals surface area contributed by atoms with E-state index in [1.807, 2.05) is 42.1 Å². The molecule has 0 amide bonds. The smallest absolute Gasteiger partial charge is 0.191 e. The van der Waals surface area contributed by atoms with E-state index in [-0.39, 0.29) is 0 Å². The maximum Gasteiger partial charge on any atom is 0.191 e. The number of rotatable bonds is 7. The molecule has 0 fully saturated rings. The molecular weight excluding hydrogens is 278 g/mol. The summed E-state index contributed by atoms with van der Waals surface area (Å²) < 4.78 is 0. The van der Waals surface area contributed by atoms with E-state index >= 15 is 0 Å². The number of hydrogen-bond donors (Lipinski definition) is 2. The summed E-state index contributed by atoms with van der Waals surface area (Å²) >= 11 is 7.69. The van der Waals surface area contributed by atoms with Crippen molar-refractivity contribution in [1.29, 1.82) is 0 Å². The molecule has 0 aliphatic carbocycles. The summed E-state index contributed by atoms with van der Waals surface area (Å²) in [6.45, 7) is 5.31. The van der Waals surface area contributed by atoms with E-state index in [9.17, 15) is 0 Å². The second kappa shape index (κ2) is 9.75. The fraction of sp³-hybridized carbons (Fsp3) is 0.357. The highest BCUT2D eigenvalue weighted by Gasteiger charge is 1.98. The van der Waals surface area contributed by atoms with Crippen molar-refractivity contribution in [2.24, 2.45) is 4.99 Å². The Labute approximate surface area is 124 Å². The van der Waals surface area contributed by atoms with Crippen molar-refractivity contribution in [3.8, 4) is 0 Å². The van der Waals surface area contributed by atoms with Crippen LogP contribution < -0.4 is 10.6 Å². The molecule has 0 atom stereocenters. The van der Waals surface area contributed by atoms with Crippen LogP contribution in [0.2, 0.25) is 5.02 Å². The van der Waals surface area contributed by atoms with Crippen LogP contribution >= 0.6 is 23.4 Å². The molecule has 0 spiro atoms. The summed E-state index contributed by atoms with van der Waals surface area (Å²) in [5, 5.41) is 7.29. The van der Waals surface area contributed by atoms with Crippen molar-refractivity contribution in [3.63, 3.8) is 0 Å². The molecule has 1 aromatic carbocycles. The lowest BCUT2D eigenvalue weighted by atomic mass is 10.2. The molecule has 19 heavy (non-hydrogen) atoms. The third kappa shape index (κ3) is 7.13. The zero-order chi connectivity index (χ0) is 13.9. The number of halogens is 1. The van der Waals surface area contributed by atoms with Crippen LogP contribution in [0.15, 0.2) is 41.9 Å². The molecule has 2 N–H and O–H groups in total. The molecule has 0 bridgehead atoms. The number of nitrogens with one attached hydrogen (secondary N) is 2. The van der Waals surface area contributed by atoms with Gasteiger partial charge in [-0.05, 0) is 17.7 Å². The minimum absolute atomic E-state index is 0.733. The molecule has 0 saturated heterocycles. The van der Waals surface area contributed by atoms with Gasteiger partial charge in [0.25, 0.3) is 0 Å². The van der Waals surface area contributed by atoms with Crippen LogP contribution in [0.3, 0.4) is 0 Å². The fourth-order valence-electron chi connectivity index (χ4n) is 1.42. The van der Waals surface area contributed by atoms with Gasteiger partial charge >= 0.3 is 0 Å². The van der Waals surface area contributed by atoms with Gasteiger partial charge in [0, 0.05) is 36.7 Å². The normalized spacial score (nSPS) is 11.2. The van der Waals surface area contributed by atoms with E-state index < -0.39 is 0 Å². The van der Waals surface area contributed by atoms with E-state index in [2.05, 4.69) is 22.2 Å². The predicted molar refractivity (Wildman–Crippen MR) is 87.2 cm³/mol. The number of benzene rings is 1. The Morgan fingerprint density at radius 1 is 1.37 bits per heavy atom. The minimum Gasteiger partial charge on any atom is -0.356 e. The van der Waals surface area contributed by atoms with Gasteiger partial charge in [0.05, 0.1) is 0 Å². The van der Waals surface area contributed by atoms with Crippen molar-refractivity contribution in [3.05, 3.63) is 47.5 Å². The van der Waals surface area contributed by atoms with Crippen LogP contribution in [0.5, 0.6) is 0 Å². The van der Waals surface area contributed by atoms with Crippen LogP contribution in [0.4, 0.5) is 0 Å². The van der Waals surface area contributed by atoms with Crippen molar-refractivity contribution in [1.82, 2.24) is 10.6 Å². The van der Waals surface area contributed by atoms with Crippen LogP contribution in [-0.4, -0.2) is 31.1 Å². The van der Waals surface area contributed by atoms with Gasteiger partial charge in [-0.1, -0.05) is 29.8 Å². The molecule has 0 heterocycles. The Bertz CT molecular complexity index is 404. The van der Waals surface area contributed by atoms with Gasteiger partial charge in [0.2, 0.25) is 0 Å². The van der Waals surface area contributed by atoms with Gasteiger partial charge in [0.1, 0.15) is 0 Å². The summed E-state index contributed by atoms with van der Waals surface area (Å²) in [6.07, 6.45) is 1.91. The number of hydrogen-bond acceptors (Lipinski definition) is 2. The molecule has 0 radical (unpaired) electrons. The molecule has 104 valence electrons. The lowest BCUT2D eigenvalue weighted by molar-refractivity contribution is 0.833. The molecule has 1 rings (SSSR count). The number of guanidine groups is 1. The highest BCUT2D eigenvalue weighted by Crippen LogP contribution is 2.08. The van der Waals surface area contributed by atoms with Gasteiger partial charge in [-0.3, -0.25) is 4.99 Å². The van der Waals surface area contributed by atoms with Crippen molar-refractivity contribution < 1.29 is 0 Å². The maximum absolute atomic E-state index is 5.85. The zero-order valence-electron chi connectivity index (χ0n) is 11.2. The second-order valence-electron chi connectivity index (χ2n) is 3.84. The number of thioether (sulfide) groups is 1. The van der Waals surface area contributed by atoms with E-state index in [0.717, 1.165) is 35.6 Å². The third-order valence-electron chi connectivity index (χ3n) is 2.37. The van der Waals surface area contributed by atoms with Gasteiger partial charge in [-0.15, -0.1) is 6.58 Å². The van der Waals surface area contributed by atoms with Gasteiger partial charge in [-0.25, -0.2) is 0 Å². The summed E-state index contributed by atoms with van der Waals surface area (Å²) in [4.78, 5) is 4.18. The molecular formula is C14H20ClN3S. The molecule has 5 heteroatoms. The number of nitrogens with zero attached hydrogens (tertiary/aromatic N) is 1. The Morgan fingerprint density at radius 3 is 2.74 bits per heavy atom. The standard InChI is InChI=1S/C14H20ClN3S/c1-3-9-19-10-8-17-14(16-2)18-11-12-4-6-13(15)7-5-12/h3-7H,1,8-11H2,2H3,(H2,16,17,18). The first kappa shape index (κ1) is 15.9. The first-order chi connectivity index (χ1) is 9.26. The van der Waals surface area contributed by atoms with E-state index in [1.165, 1.54) is 5.56 Å². The van der Waals surface area contributed by atoms with Crippen LogP contribution in [-0.2, 0) is 6.54 Å². The van der Waals surface area contributed by atoms with Crippen LogP contribution in [0.1, 0.15) is 5.56 Å². The maximum atomic E-state index is 5.85. The summed E-state index contributed by atoms with van der Waals surface area (Å²) in [6, 6.07) is 7.78. The first-order valence-electron chi connectivity index (χ1n) is 6.14. The molecule has 0 aliphatic heterocycles.